The van der Waals surface area contributed by atoms with Crippen LogP contribution >= 0.6 is 11.8 Å². The molecule has 4 heteroatoms. The molecule has 1 aliphatic rings. The van der Waals surface area contributed by atoms with Crippen LogP contribution in [0.25, 0.3) is 0 Å². The summed E-state index contributed by atoms with van der Waals surface area (Å²) in [6, 6.07) is 6.50. The molecular formula is C17H26O2SSe. The van der Waals surface area contributed by atoms with Crippen molar-refractivity contribution in [2.24, 2.45) is 0 Å². The zero-order chi connectivity index (χ0) is 15.2. The molecule has 1 aliphatic carbocycles. The van der Waals surface area contributed by atoms with Crippen LogP contribution in [0.3, 0.4) is 0 Å². The van der Waals surface area contributed by atoms with Crippen molar-refractivity contribution in [1.29, 1.82) is 0 Å². The molecule has 0 radical (unpaired) electrons. The zero-order valence-electron chi connectivity index (χ0n) is 13.4. The van der Waals surface area contributed by atoms with Gasteiger partial charge in [-0.1, -0.05) is 0 Å². The summed E-state index contributed by atoms with van der Waals surface area (Å²) >= 11 is 2.31. The summed E-state index contributed by atoms with van der Waals surface area (Å²) in [6.45, 7) is 2.29. The van der Waals surface area contributed by atoms with E-state index in [0.29, 0.717) is 31.1 Å². The van der Waals surface area contributed by atoms with Crippen LogP contribution in [0.5, 0.6) is 5.75 Å². The van der Waals surface area contributed by atoms with Crippen LogP contribution in [-0.2, 0) is 4.74 Å². The second-order valence-electron chi connectivity index (χ2n) is 5.47. The van der Waals surface area contributed by atoms with E-state index in [1.165, 1.54) is 35.7 Å². The second-order valence-corrected chi connectivity index (χ2v) is 9.27. The van der Waals surface area contributed by atoms with Crippen LogP contribution in [0.2, 0.25) is 4.82 Å². The standard InChI is InChI=1S/C17H26O2SSe/c1-12(20-4)13-8-7-10-15(19-3)17(13)21-16-11-6-5-9-14(16)18-2/h7-8,10,12,14,16H,5-6,9,11H2,1-4H3/t12-,14?,16?/m0/s1. The van der Waals surface area contributed by atoms with Crippen molar-refractivity contribution >= 4 is 31.2 Å². The molecule has 0 amide bonds. The van der Waals surface area contributed by atoms with E-state index >= 15 is 0 Å². The third-order valence-electron chi connectivity index (χ3n) is 4.23. The minimum atomic E-state index is 0.410. The summed E-state index contributed by atoms with van der Waals surface area (Å²) in [5.41, 5.74) is 1.45. The van der Waals surface area contributed by atoms with E-state index in [2.05, 4.69) is 31.4 Å². The molecule has 118 valence electrons. The maximum atomic E-state index is 5.75. The van der Waals surface area contributed by atoms with Crippen molar-refractivity contribution < 1.29 is 9.47 Å². The number of hydrogen-bond donors (Lipinski definition) is 0. The van der Waals surface area contributed by atoms with Gasteiger partial charge in [0.1, 0.15) is 0 Å². The Bertz CT molecular complexity index is 452. The van der Waals surface area contributed by atoms with Crippen LogP contribution < -0.4 is 9.20 Å². The van der Waals surface area contributed by atoms with Crippen molar-refractivity contribution in [2.75, 3.05) is 20.5 Å². The molecule has 2 unspecified atom stereocenters. The average molecular weight is 373 g/mol. The van der Waals surface area contributed by atoms with Crippen molar-refractivity contribution in [3.05, 3.63) is 23.8 Å². The number of methoxy groups -OCH3 is 2. The first-order valence-corrected chi connectivity index (χ1v) is 10.7. The number of rotatable bonds is 6. The molecule has 0 heterocycles. The molecule has 0 saturated heterocycles. The van der Waals surface area contributed by atoms with Gasteiger partial charge in [0.05, 0.1) is 0 Å². The molecule has 1 aromatic carbocycles. The van der Waals surface area contributed by atoms with Crippen LogP contribution in [0, 0.1) is 0 Å². The normalized spacial score (nSPS) is 23.8. The van der Waals surface area contributed by atoms with Gasteiger partial charge in [-0.05, 0) is 0 Å². The Labute approximate surface area is 139 Å². The van der Waals surface area contributed by atoms with Crippen LogP contribution in [0.4, 0.5) is 0 Å². The monoisotopic (exact) mass is 374 g/mol. The van der Waals surface area contributed by atoms with E-state index < -0.39 is 0 Å². The molecule has 1 fully saturated rings. The van der Waals surface area contributed by atoms with E-state index in [4.69, 9.17) is 9.47 Å². The maximum absolute atomic E-state index is 5.75. The molecule has 21 heavy (non-hydrogen) atoms. The predicted molar refractivity (Wildman–Crippen MR) is 93.3 cm³/mol. The van der Waals surface area contributed by atoms with Crippen molar-refractivity contribution in [3.8, 4) is 5.75 Å². The molecule has 3 atom stereocenters. The van der Waals surface area contributed by atoms with E-state index in [0.717, 1.165) is 5.75 Å². The molecule has 0 aliphatic heterocycles. The van der Waals surface area contributed by atoms with Gasteiger partial charge in [-0.3, -0.25) is 0 Å². The Morgan fingerprint density at radius 3 is 2.67 bits per heavy atom. The Morgan fingerprint density at radius 1 is 1.24 bits per heavy atom. The first-order valence-electron chi connectivity index (χ1n) is 7.60. The van der Waals surface area contributed by atoms with Crippen molar-refractivity contribution in [1.82, 2.24) is 0 Å². The van der Waals surface area contributed by atoms with E-state index in [1.54, 1.807) is 7.11 Å². The van der Waals surface area contributed by atoms with E-state index in [9.17, 15) is 0 Å². The van der Waals surface area contributed by atoms with Gasteiger partial charge in [0.15, 0.2) is 0 Å². The molecule has 0 bridgehead atoms. The second kappa shape index (κ2) is 8.47. The molecular weight excluding hydrogens is 347 g/mol. The predicted octanol–water partition coefficient (Wildman–Crippen LogP) is 3.83. The van der Waals surface area contributed by atoms with Crippen LogP contribution in [-0.4, -0.2) is 41.5 Å². The summed E-state index contributed by atoms with van der Waals surface area (Å²) < 4.78 is 12.8. The fourth-order valence-corrected chi connectivity index (χ4v) is 6.93. The van der Waals surface area contributed by atoms with Gasteiger partial charge >= 0.3 is 139 Å². The zero-order valence-corrected chi connectivity index (χ0v) is 16.0. The minimum absolute atomic E-state index is 0.410. The molecule has 0 spiro atoms. The molecule has 2 nitrogen and oxygen atoms in total. The molecule has 1 aromatic rings. The fraction of sp³-hybridized carbons (Fsp3) is 0.647. The van der Waals surface area contributed by atoms with Gasteiger partial charge in [-0.2, -0.15) is 0 Å². The van der Waals surface area contributed by atoms with Gasteiger partial charge in [-0.15, -0.1) is 0 Å². The number of ether oxygens (including phenoxy) is 2. The summed E-state index contributed by atoms with van der Waals surface area (Å²) in [5.74, 6) is 1.06. The van der Waals surface area contributed by atoms with Crippen LogP contribution in [0.1, 0.15) is 43.4 Å². The quantitative estimate of drug-likeness (QED) is 0.706. The number of thioether (sulfide) groups is 1. The Balaban J connectivity index is 2.28. The Hall–Kier alpha value is -0.151. The van der Waals surface area contributed by atoms with E-state index in [1.807, 2.05) is 18.9 Å². The van der Waals surface area contributed by atoms with Gasteiger partial charge in [0.25, 0.3) is 0 Å². The van der Waals surface area contributed by atoms with E-state index in [-0.39, 0.29) is 0 Å². The van der Waals surface area contributed by atoms with Gasteiger partial charge in [0, 0.05) is 0 Å². The third kappa shape index (κ3) is 4.19. The van der Waals surface area contributed by atoms with Gasteiger partial charge in [0.2, 0.25) is 0 Å². The molecule has 2 rings (SSSR count). The Morgan fingerprint density at radius 2 is 2.00 bits per heavy atom. The summed E-state index contributed by atoms with van der Waals surface area (Å²) in [5, 5.41) is 0.515. The molecule has 1 saturated carbocycles. The first-order chi connectivity index (χ1) is 10.2. The number of benzene rings is 1. The molecule has 0 aromatic heterocycles. The van der Waals surface area contributed by atoms with Crippen molar-refractivity contribution in [2.45, 2.75) is 48.8 Å². The third-order valence-corrected chi connectivity index (χ3v) is 8.37. The Kier molecular flexibility index (Phi) is 6.94. The summed E-state index contributed by atoms with van der Waals surface area (Å²) in [4.78, 5) is 0.681. The first kappa shape index (κ1) is 17.2. The molecule has 0 N–H and O–H groups in total. The van der Waals surface area contributed by atoms with Crippen molar-refractivity contribution in [3.63, 3.8) is 0 Å². The number of hydrogen-bond acceptors (Lipinski definition) is 3. The summed E-state index contributed by atoms with van der Waals surface area (Å²) in [7, 11) is 3.66. The van der Waals surface area contributed by atoms with Crippen LogP contribution in [0.15, 0.2) is 18.2 Å². The fourth-order valence-electron chi connectivity index (χ4n) is 2.89. The topological polar surface area (TPSA) is 18.5 Å². The van der Waals surface area contributed by atoms with Gasteiger partial charge < -0.3 is 0 Å². The van der Waals surface area contributed by atoms with Gasteiger partial charge in [-0.25, -0.2) is 0 Å². The summed E-state index contributed by atoms with van der Waals surface area (Å²) in [6.07, 6.45) is 7.77. The SMILES string of the molecule is COc1cccc([C@H](C)SC)c1[Se]C1CCCCC1OC. The average Bonchev–Trinajstić information content (AvgIpc) is 2.54.